The highest BCUT2D eigenvalue weighted by Gasteiger charge is 2.44. The maximum atomic E-state index is 12.8. The first-order chi connectivity index (χ1) is 26.8. The number of aliphatic hydroxyl groups excluding tert-OH is 4. The summed E-state index contributed by atoms with van der Waals surface area (Å²) in [7, 11) is 0. The summed E-state index contributed by atoms with van der Waals surface area (Å²) in [6, 6.07) is 0. The van der Waals surface area contributed by atoms with Crippen LogP contribution in [0.15, 0.2) is 24.3 Å². The average Bonchev–Trinajstić information content (AvgIpc) is 3.18. The van der Waals surface area contributed by atoms with Gasteiger partial charge in [-0.1, -0.05) is 141 Å². The van der Waals surface area contributed by atoms with Crippen molar-refractivity contribution < 1.29 is 49.0 Å². The highest BCUT2D eigenvalue weighted by Crippen LogP contribution is 2.22. The van der Waals surface area contributed by atoms with E-state index in [1.165, 1.54) is 96.3 Å². The number of unbranched alkanes of at least 4 members (excludes halogenated alkanes) is 22. The number of carbonyl (C=O) groups is 2. The van der Waals surface area contributed by atoms with Crippen molar-refractivity contribution >= 4 is 11.9 Å². The number of carbonyl (C=O) groups excluding carboxylic acids is 2. The Labute approximate surface area is 334 Å². The van der Waals surface area contributed by atoms with Gasteiger partial charge >= 0.3 is 11.9 Å². The molecule has 0 bridgehead atoms. The second kappa shape index (κ2) is 36.5. The lowest BCUT2D eigenvalue weighted by atomic mass is 9.99. The van der Waals surface area contributed by atoms with Crippen LogP contribution in [0, 0.1) is 0 Å². The van der Waals surface area contributed by atoms with E-state index in [-0.39, 0.29) is 32.0 Å². The Morgan fingerprint density at radius 1 is 0.545 bits per heavy atom. The van der Waals surface area contributed by atoms with Crippen LogP contribution in [0.25, 0.3) is 0 Å². The van der Waals surface area contributed by atoms with E-state index in [1.807, 2.05) is 0 Å². The molecular formula is C45H82O10. The standard InChI is InChI=1S/C45H82O10/c1-3-5-7-9-11-13-15-17-18-19-20-22-24-26-28-30-32-34-41(48)54-38(37-53-45-44(51)43(50)42(49)39(35-46)55-45)36-52-40(47)33-31-29-27-25-23-21-16-14-12-10-8-6-4-2/h14,16-18,38-39,42-46,49-51H,3-13,15,19-37H2,1-2H3/b16-14-,18-17-. The molecular weight excluding hydrogens is 700 g/mol. The van der Waals surface area contributed by atoms with Crippen LogP contribution in [-0.4, -0.2) is 89.0 Å². The molecule has 1 saturated heterocycles. The Hall–Kier alpha value is -1.82. The predicted molar refractivity (Wildman–Crippen MR) is 219 cm³/mol. The number of esters is 2. The van der Waals surface area contributed by atoms with Gasteiger partial charge in [-0.2, -0.15) is 0 Å². The van der Waals surface area contributed by atoms with Crippen LogP contribution in [0.2, 0.25) is 0 Å². The Balaban J connectivity index is 2.33. The van der Waals surface area contributed by atoms with Gasteiger partial charge in [0.05, 0.1) is 13.2 Å². The summed E-state index contributed by atoms with van der Waals surface area (Å²) in [6.45, 7) is 3.39. The van der Waals surface area contributed by atoms with Crippen LogP contribution >= 0.6 is 0 Å². The summed E-state index contributed by atoms with van der Waals surface area (Å²) < 4.78 is 22.1. The molecule has 0 amide bonds. The summed E-state index contributed by atoms with van der Waals surface area (Å²) >= 11 is 0. The molecule has 0 aromatic rings. The number of ether oxygens (including phenoxy) is 4. The van der Waals surface area contributed by atoms with Gasteiger partial charge in [0.15, 0.2) is 12.4 Å². The first-order valence-electron chi connectivity index (χ1n) is 22.4. The topological polar surface area (TPSA) is 152 Å². The highest BCUT2D eigenvalue weighted by atomic mass is 16.7. The number of rotatable bonds is 37. The minimum Gasteiger partial charge on any atom is -0.462 e. The molecule has 55 heavy (non-hydrogen) atoms. The first kappa shape index (κ1) is 51.2. The van der Waals surface area contributed by atoms with E-state index in [9.17, 15) is 30.0 Å². The molecule has 1 rings (SSSR count). The van der Waals surface area contributed by atoms with E-state index in [2.05, 4.69) is 38.2 Å². The molecule has 0 saturated carbocycles. The number of allylic oxidation sites excluding steroid dienone is 4. The molecule has 10 nitrogen and oxygen atoms in total. The van der Waals surface area contributed by atoms with Crippen molar-refractivity contribution in [1.82, 2.24) is 0 Å². The number of aliphatic hydroxyl groups is 4. The smallest absolute Gasteiger partial charge is 0.306 e. The van der Waals surface area contributed by atoms with Crippen molar-refractivity contribution in [1.29, 1.82) is 0 Å². The molecule has 1 fully saturated rings. The van der Waals surface area contributed by atoms with Crippen LogP contribution in [0.3, 0.4) is 0 Å². The van der Waals surface area contributed by atoms with Crippen molar-refractivity contribution in [2.75, 3.05) is 19.8 Å². The van der Waals surface area contributed by atoms with Gasteiger partial charge < -0.3 is 39.4 Å². The van der Waals surface area contributed by atoms with E-state index in [4.69, 9.17) is 18.9 Å². The van der Waals surface area contributed by atoms with Crippen LogP contribution in [-0.2, 0) is 28.5 Å². The molecule has 1 aliphatic heterocycles. The van der Waals surface area contributed by atoms with Crippen LogP contribution < -0.4 is 0 Å². The zero-order valence-electron chi connectivity index (χ0n) is 34.9. The van der Waals surface area contributed by atoms with Gasteiger partial charge in [-0.3, -0.25) is 9.59 Å². The van der Waals surface area contributed by atoms with Crippen molar-refractivity contribution in [2.24, 2.45) is 0 Å². The zero-order valence-corrected chi connectivity index (χ0v) is 34.9. The zero-order chi connectivity index (χ0) is 40.2. The molecule has 6 atom stereocenters. The van der Waals surface area contributed by atoms with E-state index >= 15 is 0 Å². The highest BCUT2D eigenvalue weighted by molar-refractivity contribution is 5.70. The molecule has 1 aliphatic rings. The largest absolute Gasteiger partial charge is 0.462 e. The Morgan fingerprint density at radius 2 is 0.964 bits per heavy atom. The van der Waals surface area contributed by atoms with E-state index in [0.717, 1.165) is 57.8 Å². The van der Waals surface area contributed by atoms with E-state index < -0.39 is 49.4 Å². The fourth-order valence-electron chi connectivity index (χ4n) is 6.71. The quantitative estimate of drug-likeness (QED) is 0.0273. The molecule has 10 heteroatoms. The molecule has 4 N–H and O–H groups in total. The van der Waals surface area contributed by atoms with Gasteiger partial charge in [-0.05, 0) is 64.2 Å². The summed E-state index contributed by atoms with van der Waals surface area (Å²) in [4.78, 5) is 25.3. The average molecular weight is 783 g/mol. The summed E-state index contributed by atoms with van der Waals surface area (Å²) in [5.41, 5.74) is 0. The van der Waals surface area contributed by atoms with Crippen LogP contribution in [0.4, 0.5) is 0 Å². The molecule has 0 aromatic heterocycles. The fourth-order valence-corrected chi connectivity index (χ4v) is 6.71. The number of hydrogen-bond acceptors (Lipinski definition) is 10. The van der Waals surface area contributed by atoms with Crippen molar-refractivity contribution in [3.8, 4) is 0 Å². The molecule has 0 radical (unpaired) electrons. The Kier molecular flexibility index (Phi) is 34.0. The third-order valence-electron chi connectivity index (χ3n) is 10.3. The fraction of sp³-hybridized carbons (Fsp3) is 0.867. The van der Waals surface area contributed by atoms with Gasteiger partial charge in [-0.15, -0.1) is 0 Å². The Bertz CT molecular complexity index is 954. The SMILES string of the molecule is CCCCCC/C=C\CCCCCCCC(=O)OCC(COC1OC(CO)C(O)C(O)C1O)OC(=O)CCCCCCCCC/C=C\CCCCCCCC. The van der Waals surface area contributed by atoms with Crippen molar-refractivity contribution in [2.45, 2.75) is 230 Å². The minimum atomic E-state index is -1.59. The molecule has 6 unspecified atom stereocenters. The normalized spacial score (nSPS) is 20.7. The second-order valence-corrected chi connectivity index (χ2v) is 15.5. The third kappa shape index (κ3) is 28.3. The first-order valence-corrected chi connectivity index (χ1v) is 22.4. The van der Waals surface area contributed by atoms with Gasteiger partial charge in [0.1, 0.15) is 31.0 Å². The van der Waals surface area contributed by atoms with Crippen molar-refractivity contribution in [3.05, 3.63) is 24.3 Å². The molecule has 0 aliphatic carbocycles. The number of hydrogen-bond donors (Lipinski definition) is 4. The van der Waals surface area contributed by atoms with Gasteiger partial charge in [-0.25, -0.2) is 0 Å². The van der Waals surface area contributed by atoms with E-state index in [1.54, 1.807) is 0 Å². The lowest BCUT2D eigenvalue weighted by Gasteiger charge is -2.39. The molecule has 1 heterocycles. The maximum absolute atomic E-state index is 12.8. The monoisotopic (exact) mass is 783 g/mol. The van der Waals surface area contributed by atoms with Crippen LogP contribution in [0.1, 0.15) is 194 Å². The Morgan fingerprint density at radius 3 is 1.44 bits per heavy atom. The van der Waals surface area contributed by atoms with E-state index in [0.29, 0.717) is 12.8 Å². The summed E-state index contributed by atoms with van der Waals surface area (Å²) in [6.07, 6.45) is 31.8. The summed E-state index contributed by atoms with van der Waals surface area (Å²) in [5.74, 6) is -0.818. The minimum absolute atomic E-state index is 0.221. The maximum Gasteiger partial charge on any atom is 0.306 e. The lowest BCUT2D eigenvalue weighted by Crippen LogP contribution is -2.59. The van der Waals surface area contributed by atoms with Gasteiger partial charge in [0.2, 0.25) is 0 Å². The van der Waals surface area contributed by atoms with Gasteiger partial charge in [0.25, 0.3) is 0 Å². The molecule has 0 spiro atoms. The predicted octanol–water partition coefficient (Wildman–Crippen LogP) is 9.33. The van der Waals surface area contributed by atoms with Crippen LogP contribution in [0.5, 0.6) is 0 Å². The molecule has 0 aromatic carbocycles. The van der Waals surface area contributed by atoms with Gasteiger partial charge in [0, 0.05) is 12.8 Å². The summed E-state index contributed by atoms with van der Waals surface area (Å²) in [5, 5.41) is 40.0. The second-order valence-electron chi connectivity index (χ2n) is 15.5. The van der Waals surface area contributed by atoms with Crippen molar-refractivity contribution in [3.63, 3.8) is 0 Å². The lowest BCUT2D eigenvalue weighted by molar-refractivity contribution is -0.305. The molecule has 322 valence electrons. The third-order valence-corrected chi connectivity index (χ3v) is 10.3.